The van der Waals surface area contributed by atoms with E-state index in [9.17, 15) is 22.8 Å². The van der Waals surface area contributed by atoms with Gasteiger partial charge in [-0.25, -0.2) is 13.2 Å². The van der Waals surface area contributed by atoms with Crippen LogP contribution in [-0.4, -0.2) is 18.4 Å². The molecule has 0 radical (unpaired) electrons. The van der Waals surface area contributed by atoms with E-state index in [0.717, 1.165) is 17.7 Å². The zero-order valence-electron chi connectivity index (χ0n) is 14.2. The molecule has 0 aliphatic rings. The number of halogens is 3. The summed E-state index contributed by atoms with van der Waals surface area (Å²) in [5, 5.41) is 5.18. The highest BCUT2D eigenvalue weighted by molar-refractivity contribution is 5.94. The first-order valence-corrected chi connectivity index (χ1v) is 8.12. The van der Waals surface area contributed by atoms with Crippen LogP contribution in [0, 0.1) is 24.4 Å². The molecular weight excluding hydrogens is 345 g/mol. The van der Waals surface area contributed by atoms with Crippen molar-refractivity contribution in [3.63, 3.8) is 0 Å². The Morgan fingerprint density at radius 3 is 2.42 bits per heavy atom. The average Bonchev–Trinajstić information content (AvgIpc) is 2.59. The number of rotatable bonds is 7. The minimum absolute atomic E-state index is 0.173. The maximum atomic E-state index is 13.5. The van der Waals surface area contributed by atoms with Gasteiger partial charge in [-0.1, -0.05) is 12.1 Å². The molecule has 0 bridgehead atoms. The molecule has 0 aromatic heterocycles. The number of nitrogens with one attached hydrogen (secondary N) is 2. The van der Waals surface area contributed by atoms with Gasteiger partial charge < -0.3 is 10.6 Å². The van der Waals surface area contributed by atoms with Crippen molar-refractivity contribution in [3.8, 4) is 0 Å². The van der Waals surface area contributed by atoms with Gasteiger partial charge in [-0.15, -0.1) is 0 Å². The Labute approximate surface area is 149 Å². The van der Waals surface area contributed by atoms with Gasteiger partial charge in [0.25, 0.3) is 5.91 Å². The van der Waals surface area contributed by atoms with E-state index in [1.165, 1.54) is 6.07 Å². The fourth-order valence-corrected chi connectivity index (χ4v) is 2.33. The number of hydrogen-bond donors (Lipinski definition) is 2. The fourth-order valence-electron chi connectivity index (χ4n) is 2.33. The Morgan fingerprint density at radius 1 is 0.962 bits per heavy atom. The molecule has 2 N–H and O–H groups in total. The van der Waals surface area contributed by atoms with Gasteiger partial charge in [0.1, 0.15) is 17.5 Å². The lowest BCUT2D eigenvalue weighted by Crippen LogP contribution is -2.28. The van der Waals surface area contributed by atoms with Crippen molar-refractivity contribution in [2.45, 2.75) is 26.3 Å². The predicted molar refractivity (Wildman–Crippen MR) is 90.9 cm³/mol. The van der Waals surface area contributed by atoms with Gasteiger partial charge in [-0.05, 0) is 42.7 Å². The molecule has 2 rings (SSSR count). The third-order valence-corrected chi connectivity index (χ3v) is 3.75. The summed E-state index contributed by atoms with van der Waals surface area (Å²) in [5.41, 5.74) is 1.05. The van der Waals surface area contributed by atoms with Crippen LogP contribution < -0.4 is 10.6 Å². The Balaban J connectivity index is 1.69. The summed E-state index contributed by atoms with van der Waals surface area (Å²) < 4.78 is 39.4. The highest BCUT2D eigenvalue weighted by Crippen LogP contribution is 2.10. The smallest absolute Gasteiger partial charge is 0.254 e. The average molecular weight is 364 g/mol. The van der Waals surface area contributed by atoms with Crippen LogP contribution in [0.5, 0.6) is 0 Å². The minimum atomic E-state index is -0.935. The van der Waals surface area contributed by atoms with E-state index in [0.29, 0.717) is 18.1 Å². The van der Waals surface area contributed by atoms with Crippen LogP contribution in [-0.2, 0) is 11.3 Å². The molecule has 26 heavy (non-hydrogen) atoms. The van der Waals surface area contributed by atoms with Gasteiger partial charge in [0.15, 0.2) is 0 Å². The van der Waals surface area contributed by atoms with Crippen molar-refractivity contribution in [3.05, 3.63) is 70.5 Å². The molecule has 0 spiro atoms. The molecule has 0 saturated carbocycles. The van der Waals surface area contributed by atoms with E-state index in [1.807, 2.05) is 0 Å². The van der Waals surface area contributed by atoms with Gasteiger partial charge in [0.2, 0.25) is 5.91 Å². The van der Waals surface area contributed by atoms with Gasteiger partial charge in [0, 0.05) is 25.6 Å². The topological polar surface area (TPSA) is 58.2 Å². The second kappa shape index (κ2) is 9.03. The summed E-state index contributed by atoms with van der Waals surface area (Å²) in [7, 11) is 0. The van der Waals surface area contributed by atoms with Crippen molar-refractivity contribution >= 4 is 11.8 Å². The number of carbonyl (C=O) groups is 2. The SMILES string of the molecule is Cc1cc(CNC(=O)CCCNC(=O)c2ccc(F)cc2F)ccc1F. The Hall–Kier alpha value is -2.83. The Morgan fingerprint density at radius 2 is 1.73 bits per heavy atom. The largest absolute Gasteiger partial charge is 0.352 e. The maximum absolute atomic E-state index is 13.5. The van der Waals surface area contributed by atoms with Crippen LogP contribution >= 0.6 is 0 Å². The Bertz CT molecular complexity index is 809. The van der Waals surface area contributed by atoms with Crippen LogP contribution in [0.25, 0.3) is 0 Å². The lowest BCUT2D eigenvalue weighted by atomic mass is 10.1. The lowest BCUT2D eigenvalue weighted by molar-refractivity contribution is -0.121. The lowest BCUT2D eigenvalue weighted by Gasteiger charge is -2.08. The number of carbonyl (C=O) groups excluding carboxylic acids is 2. The number of benzene rings is 2. The molecule has 4 nitrogen and oxygen atoms in total. The second-order valence-electron chi connectivity index (χ2n) is 5.84. The van der Waals surface area contributed by atoms with Crippen LogP contribution in [0.2, 0.25) is 0 Å². The quantitative estimate of drug-likeness (QED) is 0.741. The van der Waals surface area contributed by atoms with Crippen molar-refractivity contribution in [1.29, 1.82) is 0 Å². The summed E-state index contributed by atoms with van der Waals surface area (Å²) >= 11 is 0. The van der Waals surface area contributed by atoms with Crippen LogP contribution in [0.3, 0.4) is 0 Å². The molecule has 7 heteroatoms. The molecule has 2 aromatic rings. The molecule has 0 aliphatic heterocycles. The van der Waals surface area contributed by atoms with Crippen molar-refractivity contribution in [2.75, 3.05) is 6.54 Å². The molecule has 2 aromatic carbocycles. The van der Waals surface area contributed by atoms with Crippen molar-refractivity contribution in [2.24, 2.45) is 0 Å². The molecular formula is C19H19F3N2O2. The van der Waals surface area contributed by atoms with Crippen LogP contribution in [0.15, 0.2) is 36.4 Å². The molecule has 0 heterocycles. The van der Waals surface area contributed by atoms with Crippen molar-refractivity contribution < 1.29 is 22.8 Å². The van der Waals surface area contributed by atoms with Crippen LogP contribution in [0.4, 0.5) is 13.2 Å². The summed E-state index contributed by atoms with van der Waals surface area (Å²) in [4.78, 5) is 23.6. The van der Waals surface area contributed by atoms with Gasteiger partial charge in [0.05, 0.1) is 5.56 Å². The molecule has 0 fully saturated rings. The summed E-state index contributed by atoms with van der Waals surface area (Å²) in [5.74, 6) is -2.87. The minimum Gasteiger partial charge on any atom is -0.352 e. The predicted octanol–water partition coefficient (Wildman–Crippen LogP) is 3.24. The standard InChI is InChI=1S/C19H19F3N2O2/c1-12-9-13(4-7-16(12)21)11-24-18(25)3-2-8-23-19(26)15-6-5-14(20)10-17(15)22/h4-7,9-10H,2-3,8,11H2,1H3,(H,23,26)(H,24,25). The zero-order chi connectivity index (χ0) is 19.1. The highest BCUT2D eigenvalue weighted by Gasteiger charge is 2.12. The summed E-state index contributed by atoms with van der Waals surface area (Å²) in [6.45, 7) is 2.11. The first kappa shape index (κ1) is 19.5. The van der Waals surface area contributed by atoms with E-state index in [1.54, 1.807) is 19.1 Å². The molecule has 0 unspecified atom stereocenters. The monoisotopic (exact) mass is 364 g/mol. The number of hydrogen-bond acceptors (Lipinski definition) is 2. The summed E-state index contributed by atoms with van der Waals surface area (Å²) in [6.07, 6.45) is 0.537. The fraction of sp³-hybridized carbons (Fsp3) is 0.263. The number of amides is 2. The van der Waals surface area contributed by atoms with E-state index in [4.69, 9.17) is 0 Å². The third kappa shape index (κ3) is 5.61. The first-order chi connectivity index (χ1) is 12.4. The zero-order valence-corrected chi connectivity index (χ0v) is 14.2. The van der Waals surface area contributed by atoms with Gasteiger partial charge >= 0.3 is 0 Å². The number of aryl methyl sites for hydroxylation is 1. The first-order valence-electron chi connectivity index (χ1n) is 8.12. The normalized spacial score (nSPS) is 10.5. The molecule has 0 saturated heterocycles. The molecule has 138 valence electrons. The molecule has 0 atom stereocenters. The summed E-state index contributed by atoms with van der Waals surface area (Å²) in [6, 6.07) is 7.31. The maximum Gasteiger partial charge on any atom is 0.254 e. The van der Waals surface area contributed by atoms with Gasteiger partial charge in [-0.2, -0.15) is 0 Å². The second-order valence-corrected chi connectivity index (χ2v) is 5.84. The van der Waals surface area contributed by atoms with Gasteiger partial charge in [-0.3, -0.25) is 9.59 Å². The van der Waals surface area contributed by atoms with E-state index in [-0.39, 0.29) is 36.8 Å². The van der Waals surface area contributed by atoms with Crippen LogP contribution in [0.1, 0.15) is 34.3 Å². The van der Waals surface area contributed by atoms with E-state index < -0.39 is 17.5 Å². The molecule has 0 aliphatic carbocycles. The third-order valence-electron chi connectivity index (χ3n) is 3.75. The molecule has 2 amide bonds. The highest BCUT2D eigenvalue weighted by atomic mass is 19.1. The Kier molecular flexibility index (Phi) is 6.77. The van der Waals surface area contributed by atoms with E-state index >= 15 is 0 Å². The van der Waals surface area contributed by atoms with E-state index in [2.05, 4.69) is 10.6 Å². The van der Waals surface area contributed by atoms with Crippen molar-refractivity contribution in [1.82, 2.24) is 10.6 Å².